The molecule has 0 spiro atoms. The van der Waals surface area contributed by atoms with Crippen LogP contribution in [0.25, 0.3) is 0 Å². The fourth-order valence-corrected chi connectivity index (χ4v) is 2.79. The maximum atomic E-state index is 10.2. The molecule has 0 saturated carbocycles. The summed E-state index contributed by atoms with van der Waals surface area (Å²) in [7, 11) is 0. The van der Waals surface area contributed by atoms with Crippen LogP contribution >= 0.6 is 11.8 Å². The molecule has 1 aliphatic heterocycles. The van der Waals surface area contributed by atoms with Crippen molar-refractivity contribution in [2.75, 3.05) is 5.75 Å². The first-order chi connectivity index (χ1) is 5.54. The molecule has 0 aromatic rings. The van der Waals surface area contributed by atoms with E-state index in [1.165, 1.54) is 11.3 Å². The molecule has 0 aromatic carbocycles. The van der Waals surface area contributed by atoms with E-state index >= 15 is 0 Å². The summed E-state index contributed by atoms with van der Waals surface area (Å²) in [6.07, 6.45) is 4.07. The van der Waals surface area contributed by atoms with Gasteiger partial charge >= 0.3 is 0 Å². The minimum atomic E-state index is -0.540. The second-order valence-corrected chi connectivity index (χ2v) is 5.28. The third-order valence-corrected chi connectivity index (χ3v) is 3.76. The molecule has 1 nitrogen and oxygen atoms in total. The van der Waals surface area contributed by atoms with Crippen molar-refractivity contribution in [2.24, 2.45) is 0 Å². The minimum absolute atomic E-state index is 0.348. The molecule has 2 heteroatoms. The number of aliphatic hydroxyl groups is 1. The van der Waals surface area contributed by atoms with Gasteiger partial charge in [0.15, 0.2) is 0 Å². The average molecular weight is 186 g/mol. The van der Waals surface area contributed by atoms with Gasteiger partial charge in [-0.05, 0) is 32.4 Å². The Labute approximate surface area is 79.2 Å². The SMILES string of the molecule is CC(C)=CC1(O)CCCSC1C. The van der Waals surface area contributed by atoms with Crippen LogP contribution < -0.4 is 0 Å². The first-order valence-electron chi connectivity index (χ1n) is 4.54. The Balaban J connectivity index is 2.72. The summed E-state index contributed by atoms with van der Waals surface area (Å²) in [4.78, 5) is 0. The topological polar surface area (TPSA) is 20.2 Å². The summed E-state index contributed by atoms with van der Waals surface area (Å²) in [5.41, 5.74) is 0.675. The highest BCUT2D eigenvalue weighted by Crippen LogP contribution is 2.35. The first-order valence-corrected chi connectivity index (χ1v) is 5.59. The summed E-state index contributed by atoms with van der Waals surface area (Å²) < 4.78 is 0. The second kappa shape index (κ2) is 3.84. The lowest BCUT2D eigenvalue weighted by atomic mass is 9.92. The van der Waals surface area contributed by atoms with Crippen molar-refractivity contribution in [3.05, 3.63) is 11.6 Å². The molecule has 0 bridgehead atoms. The molecule has 1 heterocycles. The van der Waals surface area contributed by atoms with Gasteiger partial charge in [0.2, 0.25) is 0 Å². The number of hydrogen-bond donors (Lipinski definition) is 1. The normalized spacial score (nSPS) is 36.2. The predicted molar refractivity (Wildman–Crippen MR) is 55.5 cm³/mol. The first kappa shape index (κ1) is 10.1. The van der Waals surface area contributed by atoms with Gasteiger partial charge in [-0.2, -0.15) is 11.8 Å². The number of rotatable bonds is 1. The van der Waals surface area contributed by atoms with Gasteiger partial charge in [-0.3, -0.25) is 0 Å². The van der Waals surface area contributed by atoms with Crippen molar-refractivity contribution in [3.63, 3.8) is 0 Å². The van der Waals surface area contributed by atoms with Gasteiger partial charge in [0.1, 0.15) is 0 Å². The van der Waals surface area contributed by atoms with E-state index in [-0.39, 0.29) is 0 Å². The van der Waals surface area contributed by atoms with Gasteiger partial charge in [-0.25, -0.2) is 0 Å². The quantitative estimate of drug-likeness (QED) is 0.635. The van der Waals surface area contributed by atoms with Crippen LogP contribution in [0.15, 0.2) is 11.6 Å². The maximum Gasteiger partial charge on any atom is 0.0945 e. The van der Waals surface area contributed by atoms with Crippen LogP contribution in [0.3, 0.4) is 0 Å². The van der Waals surface area contributed by atoms with Crippen LogP contribution in [0.5, 0.6) is 0 Å². The molecule has 70 valence electrons. The van der Waals surface area contributed by atoms with Crippen molar-refractivity contribution in [1.82, 2.24) is 0 Å². The summed E-state index contributed by atoms with van der Waals surface area (Å²) in [6, 6.07) is 0. The molecule has 1 saturated heterocycles. The zero-order chi connectivity index (χ0) is 9.19. The third kappa shape index (κ3) is 2.27. The summed E-state index contributed by atoms with van der Waals surface area (Å²) in [6.45, 7) is 6.21. The van der Waals surface area contributed by atoms with E-state index < -0.39 is 5.60 Å². The Hall–Kier alpha value is 0.0500. The Morgan fingerprint density at radius 3 is 2.75 bits per heavy atom. The largest absolute Gasteiger partial charge is 0.385 e. The Bertz CT molecular complexity index is 184. The Morgan fingerprint density at radius 2 is 2.25 bits per heavy atom. The molecular formula is C10H18OS. The average Bonchev–Trinajstić information content (AvgIpc) is 1.94. The second-order valence-electron chi connectivity index (χ2n) is 3.83. The van der Waals surface area contributed by atoms with Crippen LogP contribution in [0.4, 0.5) is 0 Å². The summed E-state index contributed by atoms with van der Waals surface area (Å²) in [5.74, 6) is 1.19. The van der Waals surface area contributed by atoms with E-state index in [9.17, 15) is 5.11 Å². The molecule has 2 atom stereocenters. The third-order valence-electron chi connectivity index (χ3n) is 2.33. The van der Waals surface area contributed by atoms with E-state index in [2.05, 4.69) is 6.92 Å². The van der Waals surface area contributed by atoms with E-state index in [4.69, 9.17) is 0 Å². The van der Waals surface area contributed by atoms with Crippen molar-refractivity contribution < 1.29 is 5.11 Å². The van der Waals surface area contributed by atoms with Gasteiger partial charge in [-0.15, -0.1) is 0 Å². The highest BCUT2D eigenvalue weighted by Gasteiger charge is 2.34. The molecule has 1 fully saturated rings. The molecule has 0 radical (unpaired) electrons. The minimum Gasteiger partial charge on any atom is -0.385 e. The molecule has 1 N–H and O–H groups in total. The zero-order valence-electron chi connectivity index (χ0n) is 8.13. The molecule has 0 amide bonds. The van der Waals surface area contributed by atoms with Gasteiger partial charge < -0.3 is 5.11 Å². The molecule has 1 rings (SSSR count). The van der Waals surface area contributed by atoms with Crippen LogP contribution in [0.1, 0.15) is 33.6 Å². The number of hydrogen-bond acceptors (Lipinski definition) is 2. The van der Waals surface area contributed by atoms with Gasteiger partial charge in [0.05, 0.1) is 5.60 Å². The van der Waals surface area contributed by atoms with Crippen molar-refractivity contribution in [3.8, 4) is 0 Å². The highest BCUT2D eigenvalue weighted by molar-refractivity contribution is 8.00. The highest BCUT2D eigenvalue weighted by atomic mass is 32.2. The zero-order valence-corrected chi connectivity index (χ0v) is 8.95. The van der Waals surface area contributed by atoms with Crippen molar-refractivity contribution >= 4 is 11.8 Å². The lowest BCUT2D eigenvalue weighted by Crippen LogP contribution is -2.39. The van der Waals surface area contributed by atoms with Crippen molar-refractivity contribution in [1.29, 1.82) is 0 Å². The van der Waals surface area contributed by atoms with E-state index in [0.29, 0.717) is 5.25 Å². The van der Waals surface area contributed by atoms with Gasteiger partial charge in [0.25, 0.3) is 0 Å². The monoisotopic (exact) mass is 186 g/mol. The summed E-state index contributed by atoms with van der Waals surface area (Å²) in [5, 5.41) is 10.6. The molecule has 1 aliphatic rings. The summed E-state index contributed by atoms with van der Waals surface area (Å²) >= 11 is 1.87. The van der Waals surface area contributed by atoms with E-state index in [1.807, 2.05) is 31.7 Å². The number of thioether (sulfide) groups is 1. The fraction of sp³-hybridized carbons (Fsp3) is 0.800. The number of allylic oxidation sites excluding steroid dienone is 1. The van der Waals surface area contributed by atoms with E-state index in [0.717, 1.165) is 12.8 Å². The molecule has 0 aliphatic carbocycles. The molecule has 2 unspecified atom stereocenters. The molecule has 12 heavy (non-hydrogen) atoms. The standard InChI is InChI=1S/C10H18OS/c1-8(2)7-10(11)5-4-6-12-9(10)3/h7,9,11H,4-6H2,1-3H3. The van der Waals surface area contributed by atoms with Crippen LogP contribution in [-0.2, 0) is 0 Å². The Morgan fingerprint density at radius 1 is 1.58 bits per heavy atom. The van der Waals surface area contributed by atoms with Crippen LogP contribution in [-0.4, -0.2) is 21.7 Å². The van der Waals surface area contributed by atoms with Crippen LogP contribution in [0, 0.1) is 0 Å². The lowest BCUT2D eigenvalue weighted by molar-refractivity contribution is 0.0783. The lowest BCUT2D eigenvalue weighted by Gasteiger charge is -2.35. The fourth-order valence-electron chi connectivity index (χ4n) is 1.65. The van der Waals surface area contributed by atoms with Crippen LogP contribution in [0.2, 0.25) is 0 Å². The smallest absolute Gasteiger partial charge is 0.0945 e. The predicted octanol–water partition coefficient (Wildman–Crippen LogP) is 2.60. The maximum absolute atomic E-state index is 10.2. The van der Waals surface area contributed by atoms with E-state index in [1.54, 1.807) is 0 Å². The van der Waals surface area contributed by atoms with Gasteiger partial charge in [0, 0.05) is 5.25 Å². The molecule has 0 aromatic heterocycles. The van der Waals surface area contributed by atoms with Crippen molar-refractivity contribution in [2.45, 2.75) is 44.5 Å². The molecular weight excluding hydrogens is 168 g/mol. The van der Waals surface area contributed by atoms with Gasteiger partial charge in [-0.1, -0.05) is 18.6 Å². The Kier molecular flexibility index (Phi) is 3.24.